The van der Waals surface area contributed by atoms with Gasteiger partial charge in [0.15, 0.2) is 6.35 Å². The Morgan fingerprint density at radius 1 is 1.23 bits per heavy atom. The van der Waals surface area contributed by atoms with Crippen LogP contribution in [0.4, 0.5) is 10.1 Å². The van der Waals surface area contributed by atoms with E-state index >= 15 is 0 Å². The van der Waals surface area contributed by atoms with Gasteiger partial charge in [-0.3, -0.25) is 25.1 Å². The molecule has 2 amide bonds. The molecular weight excluding hydrogens is 549 g/mol. The van der Waals surface area contributed by atoms with Crippen molar-refractivity contribution in [2.75, 3.05) is 51.8 Å². The van der Waals surface area contributed by atoms with Crippen LogP contribution in [0.5, 0.6) is 0 Å². The van der Waals surface area contributed by atoms with Crippen molar-refractivity contribution < 1.29 is 18.7 Å². The Labute approximate surface area is 253 Å². The molecule has 0 bridgehead atoms. The Hall–Kier alpha value is -2.88. The third-order valence-electron chi connectivity index (χ3n) is 10.7. The van der Waals surface area contributed by atoms with E-state index in [0.29, 0.717) is 50.8 Å². The third kappa shape index (κ3) is 5.71. The smallest absolute Gasteiger partial charge is 0.246 e. The SMILES string of the molecule is C=CC(=O)N1CCN(C2NC(OC[C@H]3CCCN3C)NC3C[C@@]4(CCC32)Cc2ccc(F)cc2N(C)C4=O)C[C@H]1CC#N. The van der Waals surface area contributed by atoms with Crippen LogP contribution in [0.2, 0.25) is 0 Å². The van der Waals surface area contributed by atoms with E-state index in [2.05, 4.69) is 40.1 Å². The van der Waals surface area contributed by atoms with Crippen LogP contribution < -0.4 is 15.5 Å². The first-order chi connectivity index (χ1) is 20.7. The number of nitrogens with one attached hydrogen (secondary N) is 2. The molecule has 1 aromatic rings. The second kappa shape index (κ2) is 12.3. The molecule has 4 fully saturated rings. The zero-order valence-corrected chi connectivity index (χ0v) is 25.3. The molecule has 4 aliphatic heterocycles. The van der Waals surface area contributed by atoms with Crippen LogP contribution in [0.25, 0.3) is 0 Å². The highest BCUT2D eigenvalue weighted by atomic mass is 19.1. The van der Waals surface area contributed by atoms with Crippen LogP contribution in [0.3, 0.4) is 0 Å². The Balaban J connectivity index is 1.24. The number of amides is 2. The van der Waals surface area contributed by atoms with Crippen LogP contribution in [0.15, 0.2) is 30.9 Å². The van der Waals surface area contributed by atoms with Crippen molar-refractivity contribution in [1.29, 1.82) is 5.26 Å². The first-order valence-corrected chi connectivity index (χ1v) is 15.7. The number of likely N-dealkylation sites (N-methyl/N-ethyl adjacent to an activating group) is 1. The molecule has 232 valence electrons. The summed E-state index contributed by atoms with van der Waals surface area (Å²) in [6.45, 7) is 7.12. The fraction of sp³-hybridized carbons (Fsp3) is 0.656. The van der Waals surface area contributed by atoms with Gasteiger partial charge in [0, 0.05) is 50.4 Å². The van der Waals surface area contributed by atoms with Gasteiger partial charge in [-0.2, -0.15) is 5.26 Å². The zero-order chi connectivity index (χ0) is 30.3. The first-order valence-electron chi connectivity index (χ1n) is 15.7. The summed E-state index contributed by atoms with van der Waals surface area (Å²) >= 11 is 0. The standard InChI is InChI=1S/C32H44FN7O3/c1-4-28(41)40-15-14-39(19-23(40)10-12-34)29-25-9-11-32(17-21-7-8-22(33)16-27(21)38(3)30(32)42)18-26(25)35-31(36-29)43-20-24-6-5-13-37(24)2/h4,7-8,16,23-26,29,31,35-36H,1,5-6,9-11,13-15,17-20H2,2-3H3/t23-,24-,25?,26?,29?,31?,32-/m1/s1. The van der Waals surface area contributed by atoms with Gasteiger partial charge in [0.1, 0.15) is 5.82 Å². The number of nitriles is 1. The Kier molecular flexibility index (Phi) is 8.59. The molecule has 43 heavy (non-hydrogen) atoms. The number of halogens is 1. The minimum Gasteiger partial charge on any atom is -0.348 e. The van der Waals surface area contributed by atoms with E-state index in [1.54, 1.807) is 16.8 Å². The molecule has 3 saturated heterocycles. The molecule has 7 atom stereocenters. The van der Waals surface area contributed by atoms with Crippen molar-refractivity contribution in [3.8, 4) is 6.07 Å². The van der Waals surface area contributed by atoms with Gasteiger partial charge >= 0.3 is 0 Å². The van der Waals surface area contributed by atoms with E-state index in [-0.39, 0.29) is 48.2 Å². The predicted molar refractivity (Wildman–Crippen MR) is 160 cm³/mol. The molecule has 11 heteroatoms. The van der Waals surface area contributed by atoms with Gasteiger partial charge in [0.05, 0.1) is 36.7 Å². The van der Waals surface area contributed by atoms with Crippen LogP contribution in [-0.2, 0) is 20.7 Å². The lowest BCUT2D eigenvalue weighted by atomic mass is 9.62. The van der Waals surface area contributed by atoms with Crippen LogP contribution in [0.1, 0.15) is 44.1 Å². The van der Waals surface area contributed by atoms with Crippen molar-refractivity contribution in [2.24, 2.45) is 11.3 Å². The maximum atomic E-state index is 14.1. The number of ether oxygens (including phenoxy) is 1. The van der Waals surface area contributed by atoms with Gasteiger partial charge in [0.25, 0.3) is 0 Å². The molecule has 0 aromatic heterocycles. The number of piperazine rings is 1. The monoisotopic (exact) mass is 593 g/mol. The van der Waals surface area contributed by atoms with E-state index < -0.39 is 11.8 Å². The normalized spacial score (nSPS) is 35.0. The molecule has 4 unspecified atom stereocenters. The van der Waals surface area contributed by atoms with Crippen molar-refractivity contribution in [2.45, 2.75) is 75.6 Å². The number of anilines is 1. The largest absolute Gasteiger partial charge is 0.348 e. The number of carbonyl (C=O) groups is 2. The molecule has 1 aliphatic carbocycles. The lowest BCUT2D eigenvalue weighted by Crippen LogP contribution is -2.73. The topological polar surface area (TPSA) is 104 Å². The maximum absolute atomic E-state index is 14.1. The summed E-state index contributed by atoms with van der Waals surface area (Å²) < 4.78 is 20.6. The predicted octanol–water partition coefficient (Wildman–Crippen LogP) is 2.03. The summed E-state index contributed by atoms with van der Waals surface area (Å²) in [5, 5.41) is 17.0. The summed E-state index contributed by atoms with van der Waals surface area (Å²) in [5.74, 6) is -0.218. The van der Waals surface area contributed by atoms with Crippen molar-refractivity contribution in [1.82, 2.24) is 25.3 Å². The van der Waals surface area contributed by atoms with Gasteiger partial charge in [-0.15, -0.1) is 0 Å². The van der Waals surface area contributed by atoms with Crippen LogP contribution in [0, 0.1) is 28.5 Å². The number of nitrogens with zero attached hydrogens (tertiary/aromatic N) is 5. The number of carbonyl (C=O) groups excluding carboxylic acids is 2. The lowest BCUT2D eigenvalue weighted by Gasteiger charge is -2.56. The second-order valence-corrected chi connectivity index (χ2v) is 13.1. The zero-order valence-electron chi connectivity index (χ0n) is 25.3. The Morgan fingerprint density at radius 3 is 2.81 bits per heavy atom. The second-order valence-electron chi connectivity index (χ2n) is 13.1. The van der Waals surface area contributed by atoms with Crippen LogP contribution >= 0.6 is 0 Å². The van der Waals surface area contributed by atoms with Crippen LogP contribution in [-0.4, -0.2) is 104 Å². The van der Waals surface area contributed by atoms with E-state index in [9.17, 15) is 19.2 Å². The quantitative estimate of drug-likeness (QED) is 0.483. The minimum atomic E-state index is -0.565. The number of hydrogen-bond donors (Lipinski definition) is 2. The molecule has 10 nitrogen and oxygen atoms in total. The Morgan fingerprint density at radius 2 is 2.07 bits per heavy atom. The van der Waals surface area contributed by atoms with Crippen molar-refractivity contribution >= 4 is 17.5 Å². The van der Waals surface area contributed by atoms with Crippen molar-refractivity contribution in [3.63, 3.8) is 0 Å². The molecule has 5 aliphatic rings. The number of hydrogen-bond acceptors (Lipinski definition) is 8. The fourth-order valence-electron chi connectivity index (χ4n) is 8.35. The molecular formula is C32H44FN7O3. The average Bonchev–Trinajstić information content (AvgIpc) is 3.43. The molecule has 1 aromatic carbocycles. The van der Waals surface area contributed by atoms with Gasteiger partial charge in [-0.1, -0.05) is 12.6 Å². The van der Waals surface area contributed by atoms with E-state index in [4.69, 9.17) is 4.74 Å². The number of likely N-dealkylation sites (tertiary alicyclic amines) is 1. The first kappa shape index (κ1) is 30.2. The molecule has 6 rings (SSSR count). The van der Waals surface area contributed by atoms with Gasteiger partial charge < -0.3 is 19.4 Å². The average molecular weight is 594 g/mol. The molecule has 0 radical (unpaired) electrons. The summed E-state index contributed by atoms with van der Waals surface area (Å²) in [6.07, 6.45) is 6.27. The number of fused-ring (bicyclic) bond motifs is 2. The third-order valence-corrected chi connectivity index (χ3v) is 10.7. The molecule has 4 heterocycles. The van der Waals surface area contributed by atoms with E-state index in [1.807, 2.05) is 6.07 Å². The van der Waals surface area contributed by atoms with Gasteiger partial charge in [0.2, 0.25) is 11.8 Å². The highest BCUT2D eigenvalue weighted by Crippen LogP contribution is 2.49. The minimum absolute atomic E-state index is 0.0212. The maximum Gasteiger partial charge on any atom is 0.246 e. The molecule has 1 saturated carbocycles. The van der Waals surface area contributed by atoms with Gasteiger partial charge in [-0.05, 0) is 75.9 Å². The summed E-state index contributed by atoms with van der Waals surface area (Å²) in [6, 6.07) is 7.21. The summed E-state index contributed by atoms with van der Waals surface area (Å²) in [5.41, 5.74) is 1.10. The fourth-order valence-corrected chi connectivity index (χ4v) is 8.35. The molecule has 2 N–H and O–H groups in total. The number of rotatable bonds is 6. The number of benzene rings is 1. The highest BCUT2D eigenvalue weighted by molar-refractivity contribution is 6.00. The van der Waals surface area contributed by atoms with E-state index in [1.165, 1.54) is 24.6 Å². The van der Waals surface area contributed by atoms with Gasteiger partial charge in [-0.25, -0.2) is 4.39 Å². The summed E-state index contributed by atoms with van der Waals surface area (Å²) in [4.78, 5) is 34.6. The molecule has 1 spiro atoms. The van der Waals surface area contributed by atoms with Crippen molar-refractivity contribution in [3.05, 3.63) is 42.2 Å². The highest BCUT2D eigenvalue weighted by Gasteiger charge is 2.54. The summed E-state index contributed by atoms with van der Waals surface area (Å²) in [7, 11) is 3.90. The Bertz CT molecular complexity index is 1290. The van der Waals surface area contributed by atoms with E-state index in [0.717, 1.165) is 31.4 Å². The lowest BCUT2D eigenvalue weighted by molar-refractivity contribution is -0.143.